The Morgan fingerprint density at radius 1 is 1.35 bits per heavy atom. The molecule has 1 aliphatic carbocycles. The number of oxime groups is 1. The van der Waals surface area contributed by atoms with Gasteiger partial charge in [-0.2, -0.15) is 0 Å². The van der Waals surface area contributed by atoms with Crippen molar-refractivity contribution >= 4 is 11.8 Å². The van der Waals surface area contributed by atoms with E-state index in [1.807, 2.05) is 18.2 Å². The number of rotatable bonds is 5. The standard InChI is InChI=1S/C20H28N2O/c1-15-6-5-12-20(2,3)18(15)10-9-16-7-4-8-17(14-16)19(22-23)11-13-21/h4,7-10,14,23H,5-6,11-13,21H2,1-3H3/b10-9+,22-19-. The van der Waals surface area contributed by atoms with Crippen molar-refractivity contribution in [1.29, 1.82) is 0 Å². The van der Waals surface area contributed by atoms with Crippen LogP contribution in [0.25, 0.3) is 6.08 Å². The molecular weight excluding hydrogens is 284 g/mol. The molecule has 1 aromatic carbocycles. The van der Waals surface area contributed by atoms with Crippen LogP contribution in [0.3, 0.4) is 0 Å². The molecule has 0 unspecified atom stereocenters. The molecule has 0 amide bonds. The molecule has 0 heterocycles. The summed E-state index contributed by atoms with van der Waals surface area (Å²) in [5.74, 6) is 0. The highest BCUT2D eigenvalue weighted by atomic mass is 16.4. The molecule has 0 aromatic heterocycles. The fourth-order valence-electron chi connectivity index (χ4n) is 3.40. The van der Waals surface area contributed by atoms with E-state index in [1.165, 1.54) is 30.4 Å². The average Bonchev–Trinajstić information content (AvgIpc) is 2.52. The van der Waals surface area contributed by atoms with Crippen molar-refractivity contribution in [3.05, 3.63) is 52.6 Å². The third kappa shape index (κ3) is 4.32. The van der Waals surface area contributed by atoms with Crippen LogP contribution >= 0.6 is 0 Å². The second-order valence-corrected chi connectivity index (χ2v) is 6.98. The molecule has 124 valence electrons. The van der Waals surface area contributed by atoms with Crippen LogP contribution < -0.4 is 5.73 Å². The maximum atomic E-state index is 9.15. The molecule has 0 saturated carbocycles. The normalized spacial score (nSPS) is 18.7. The lowest BCUT2D eigenvalue weighted by atomic mass is 9.72. The quantitative estimate of drug-likeness (QED) is 0.468. The molecule has 0 spiro atoms. The topological polar surface area (TPSA) is 58.6 Å². The van der Waals surface area contributed by atoms with Crippen LogP contribution in [0.2, 0.25) is 0 Å². The Hall–Kier alpha value is -1.87. The van der Waals surface area contributed by atoms with E-state index in [0.29, 0.717) is 18.7 Å². The van der Waals surface area contributed by atoms with E-state index in [9.17, 15) is 0 Å². The number of hydrogen-bond donors (Lipinski definition) is 2. The van der Waals surface area contributed by atoms with E-state index < -0.39 is 0 Å². The second-order valence-electron chi connectivity index (χ2n) is 6.98. The summed E-state index contributed by atoms with van der Waals surface area (Å²) in [5, 5.41) is 12.5. The van der Waals surface area contributed by atoms with Crippen LogP contribution in [0.4, 0.5) is 0 Å². The Labute approximate surface area is 139 Å². The zero-order chi connectivity index (χ0) is 16.9. The fraction of sp³-hybridized carbons (Fsp3) is 0.450. The summed E-state index contributed by atoms with van der Waals surface area (Å²) in [6, 6.07) is 8.07. The Morgan fingerprint density at radius 2 is 2.13 bits per heavy atom. The number of hydrogen-bond acceptors (Lipinski definition) is 3. The van der Waals surface area contributed by atoms with E-state index in [1.54, 1.807) is 0 Å². The smallest absolute Gasteiger partial charge is 0.0880 e. The van der Waals surface area contributed by atoms with Crippen molar-refractivity contribution < 1.29 is 5.21 Å². The minimum Gasteiger partial charge on any atom is -0.411 e. The molecule has 0 fully saturated rings. The molecule has 1 aromatic rings. The molecule has 2 rings (SSSR count). The molecule has 0 atom stereocenters. The first-order chi connectivity index (χ1) is 11.0. The van der Waals surface area contributed by atoms with Crippen LogP contribution in [-0.2, 0) is 0 Å². The van der Waals surface area contributed by atoms with Crippen LogP contribution in [0.1, 0.15) is 57.6 Å². The minimum atomic E-state index is 0.244. The van der Waals surface area contributed by atoms with E-state index in [4.69, 9.17) is 10.9 Å². The predicted molar refractivity (Wildman–Crippen MR) is 97.8 cm³/mol. The molecule has 3 nitrogen and oxygen atoms in total. The zero-order valence-corrected chi connectivity index (χ0v) is 14.5. The van der Waals surface area contributed by atoms with E-state index in [2.05, 4.69) is 44.1 Å². The van der Waals surface area contributed by atoms with Crippen molar-refractivity contribution in [2.45, 2.75) is 46.5 Å². The first-order valence-electron chi connectivity index (χ1n) is 8.37. The molecule has 0 aliphatic heterocycles. The maximum absolute atomic E-state index is 9.15. The highest BCUT2D eigenvalue weighted by molar-refractivity contribution is 6.00. The molecular formula is C20H28N2O. The van der Waals surface area contributed by atoms with Crippen molar-refractivity contribution in [3.63, 3.8) is 0 Å². The highest BCUT2D eigenvalue weighted by Crippen LogP contribution is 2.40. The van der Waals surface area contributed by atoms with Gasteiger partial charge in [0.05, 0.1) is 5.71 Å². The summed E-state index contributed by atoms with van der Waals surface area (Å²) in [4.78, 5) is 0. The monoisotopic (exact) mass is 312 g/mol. The van der Waals surface area contributed by atoms with Gasteiger partial charge in [-0.15, -0.1) is 0 Å². The van der Waals surface area contributed by atoms with Crippen molar-refractivity contribution in [2.24, 2.45) is 16.3 Å². The van der Waals surface area contributed by atoms with Crippen LogP contribution in [0.15, 0.2) is 46.6 Å². The van der Waals surface area contributed by atoms with E-state index >= 15 is 0 Å². The van der Waals surface area contributed by atoms with Gasteiger partial charge in [-0.05, 0) is 60.9 Å². The third-order valence-corrected chi connectivity index (χ3v) is 4.71. The van der Waals surface area contributed by atoms with Crippen molar-refractivity contribution in [1.82, 2.24) is 0 Å². The summed E-state index contributed by atoms with van der Waals surface area (Å²) in [6.07, 6.45) is 8.70. The Kier molecular flexibility index (Phi) is 5.78. The number of nitrogens with two attached hydrogens (primary N) is 1. The zero-order valence-electron chi connectivity index (χ0n) is 14.5. The number of benzene rings is 1. The summed E-state index contributed by atoms with van der Waals surface area (Å²) in [5.41, 5.74) is 11.4. The Bertz CT molecular complexity index is 639. The average molecular weight is 312 g/mol. The molecule has 1 aliphatic rings. The van der Waals surface area contributed by atoms with Gasteiger partial charge in [0.1, 0.15) is 0 Å². The Morgan fingerprint density at radius 3 is 2.78 bits per heavy atom. The van der Waals surface area contributed by atoms with Gasteiger partial charge in [0.25, 0.3) is 0 Å². The Balaban J connectivity index is 2.27. The second kappa shape index (κ2) is 7.60. The molecule has 0 radical (unpaired) electrons. The highest BCUT2D eigenvalue weighted by Gasteiger charge is 2.26. The van der Waals surface area contributed by atoms with Crippen molar-refractivity contribution in [2.75, 3.05) is 6.54 Å². The summed E-state index contributed by atoms with van der Waals surface area (Å²) in [6.45, 7) is 7.36. The molecule has 0 bridgehead atoms. The molecule has 3 N–H and O–H groups in total. The van der Waals surface area contributed by atoms with Crippen LogP contribution in [0, 0.1) is 5.41 Å². The predicted octanol–water partition coefficient (Wildman–Crippen LogP) is 4.75. The van der Waals surface area contributed by atoms with Gasteiger partial charge in [-0.1, -0.05) is 54.9 Å². The van der Waals surface area contributed by atoms with Gasteiger partial charge in [0.15, 0.2) is 0 Å². The fourth-order valence-corrected chi connectivity index (χ4v) is 3.40. The third-order valence-electron chi connectivity index (χ3n) is 4.71. The van der Waals surface area contributed by atoms with Crippen molar-refractivity contribution in [3.8, 4) is 0 Å². The minimum absolute atomic E-state index is 0.244. The first kappa shape index (κ1) is 17.5. The van der Waals surface area contributed by atoms with Gasteiger partial charge in [-0.25, -0.2) is 0 Å². The van der Waals surface area contributed by atoms with Crippen LogP contribution in [-0.4, -0.2) is 17.5 Å². The molecule has 0 saturated heterocycles. The van der Waals surface area contributed by atoms with Gasteiger partial charge in [0.2, 0.25) is 0 Å². The first-order valence-corrected chi connectivity index (χ1v) is 8.37. The largest absolute Gasteiger partial charge is 0.411 e. The lowest BCUT2D eigenvalue weighted by molar-refractivity contribution is 0.318. The van der Waals surface area contributed by atoms with Crippen LogP contribution in [0.5, 0.6) is 0 Å². The van der Waals surface area contributed by atoms with Gasteiger partial charge >= 0.3 is 0 Å². The van der Waals surface area contributed by atoms with Gasteiger partial charge in [-0.3, -0.25) is 0 Å². The van der Waals surface area contributed by atoms with E-state index in [0.717, 1.165) is 11.1 Å². The summed E-state index contributed by atoms with van der Waals surface area (Å²) < 4.78 is 0. The van der Waals surface area contributed by atoms with Gasteiger partial charge in [0, 0.05) is 6.42 Å². The maximum Gasteiger partial charge on any atom is 0.0880 e. The summed E-state index contributed by atoms with van der Waals surface area (Å²) >= 11 is 0. The molecule has 3 heteroatoms. The number of nitrogens with zero attached hydrogens (tertiary/aromatic N) is 1. The van der Waals surface area contributed by atoms with E-state index in [-0.39, 0.29) is 5.41 Å². The number of allylic oxidation sites excluding steroid dienone is 3. The SMILES string of the molecule is CC1=C(/C=C/c2cccc(/C(CCN)=N\O)c2)C(C)(C)CCC1. The lowest BCUT2D eigenvalue weighted by Crippen LogP contribution is -2.18. The van der Waals surface area contributed by atoms with Gasteiger partial charge < -0.3 is 10.9 Å². The lowest BCUT2D eigenvalue weighted by Gasteiger charge is -2.32. The molecule has 23 heavy (non-hydrogen) atoms. The summed E-state index contributed by atoms with van der Waals surface area (Å²) in [7, 11) is 0.